The summed E-state index contributed by atoms with van der Waals surface area (Å²) in [5.74, 6) is 1.05. The Morgan fingerprint density at radius 2 is 1.81 bits per heavy atom. The second-order valence-corrected chi connectivity index (χ2v) is 8.38. The number of aryl methyl sites for hydroxylation is 1. The van der Waals surface area contributed by atoms with E-state index in [1.807, 2.05) is 27.7 Å². The number of thioether (sulfide) groups is 1. The molecule has 27 heavy (non-hydrogen) atoms. The van der Waals surface area contributed by atoms with Crippen molar-refractivity contribution < 1.29 is 4.79 Å². The van der Waals surface area contributed by atoms with E-state index in [0.717, 1.165) is 4.57 Å². The van der Waals surface area contributed by atoms with Gasteiger partial charge in [-0.15, -0.1) is 0 Å². The fraction of sp³-hybridized carbons (Fsp3) is 0.611. The van der Waals surface area contributed by atoms with Gasteiger partial charge in [0.05, 0.1) is 5.75 Å². The zero-order valence-corrected chi connectivity index (χ0v) is 17.5. The Morgan fingerprint density at radius 3 is 2.41 bits per heavy atom. The Labute approximate surface area is 162 Å². The average molecular weight is 394 g/mol. The molecule has 0 bridgehead atoms. The van der Waals surface area contributed by atoms with Crippen molar-refractivity contribution in [1.29, 1.82) is 0 Å². The Hall–Kier alpha value is -2.16. The lowest BCUT2D eigenvalue weighted by Gasteiger charge is -2.15. The molecule has 8 nitrogen and oxygen atoms in total. The van der Waals surface area contributed by atoms with Crippen molar-refractivity contribution in [2.24, 2.45) is 18.9 Å². The molecule has 2 aromatic heterocycles. The quantitative estimate of drug-likeness (QED) is 0.563. The van der Waals surface area contributed by atoms with Crippen LogP contribution in [0.25, 0.3) is 11.0 Å². The number of nitrogens with zero attached hydrogens (tertiary/aromatic N) is 4. The number of fused-ring (bicyclic) bond motifs is 1. The predicted molar refractivity (Wildman–Crippen MR) is 107 cm³/mol. The van der Waals surface area contributed by atoms with E-state index in [0.29, 0.717) is 35.5 Å². The van der Waals surface area contributed by atoms with Crippen LogP contribution in [0.1, 0.15) is 33.5 Å². The maximum atomic E-state index is 12.7. The van der Waals surface area contributed by atoms with Crippen LogP contribution in [-0.4, -0.2) is 37.3 Å². The molecule has 0 saturated heterocycles. The average Bonchev–Trinajstić information content (AvgIpc) is 2.59. The van der Waals surface area contributed by atoms with Crippen molar-refractivity contribution in [2.75, 3.05) is 12.3 Å². The van der Waals surface area contributed by atoms with Crippen LogP contribution >= 0.6 is 11.8 Å². The first-order valence-electron chi connectivity index (χ1n) is 8.99. The smallest absolute Gasteiger partial charge is 0.332 e. The molecule has 0 spiro atoms. The van der Waals surface area contributed by atoms with Gasteiger partial charge in [-0.05, 0) is 18.8 Å². The van der Waals surface area contributed by atoms with E-state index in [1.165, 1.54) is 23.4 Å². The third-order valence-electron chi connectivity index (χ3n) is 3.86. The molecule has 0 unspecified atom stereocenters. The first-order chi connectivity index (χ1) is 12.6. The third-order valence-corrected chi connectivity index (χ3v) is 4.83. The summed E-state index contributed by atoms with van der Waals surface area (Å²) >= 11 is 1.19. The van der Waals surface area contributed by atoms with Crippen LogP contribution in [0.3, 0.4) is 0 Å². The fourth-order valence-corrected chi connectivity index (χ4v) is 3.47. The minimum atomic E-state index is -0.444. The molecular weight excluding hydrogens is 366 g/mol. The molecule has 0 atom stereocenters. The summed E-state index contributed by atoms with van der Waals surface area (Å²) in [6, 6.07) is 0. The minimum Gasteiger partial charge on any atom is -0.355 e. The Kier molecular flexibility index (Phi) is 6.80. The topological polar surface area (TPSA) is 98.9 Å². The molecule has 9 heteroatoms. The number of rotatable bonds is 7. The highest BCUT2D eigenvalue weighted by Crippen LogP contribution is 2.22. The van der Waals surface area contributed by atoms with Gasteiger partial charge >= 0.3 is 5.69 Å². The SMILES string of the molecule is Cc1nc(SCC(=O)NCC(C)C)c2c(=O)n(C)c(=O)n(CC(C)C)c2n1. The Balaban J connectivity index is 2.51. The van der Waals surface area contributed by atoms with E-state index >= 15 is 0 Å². The molecule has 0 aromatic carbocycles. The lowest BCUT2D eigenvalue weighted by atomic mass is 10.2. The largest absolute Gasteiger partial charge is 0.355 e. The van der Waals surface area contributed by atoms with Crippen LogP contribution in [0.2, 0.25) is 0 Å². The number of aromatic nitrogens is 4. The van der Waals surface area contributed by atoms with Crippen molar-refractivity contribution in [3.05, 3.63) is 26.7 Å². The zero-order valence-electron chi connectivity index (χ0n) is 16.7. The monoisotopic (exact) mass is 393 g/mol. The van der Waals surface area contributed by atoms with E-state index in [4.69, 9.17) is 0 Å². The maximum absolute atomic E-state index is 12.7. The van der Waals surface area contributed by atoms with Gasteiger partial charge in [0, 0.05) is 20.1 Å². The normalized spacial score (nSPS) is 11.6. The summed E-state index contributed by atoms with van der Waals surface area (Å²) in [6.07, 6.45) is 0. The van der Waals surface area contributed by atoms with Crippen molar-refractivity contribution in [1.82, 2.24) is 24.4 Å². The highest BCUT2D eigenvalue weighted by atomic mass is 32.2. The molecule has 1 amide bonds. The zero-order chi connectivity index (χ0) is 20.3. The second kappa shape index (κ2) is 8.69. The van der Waals surface area contributed by atoms with E-state index in [9.17, 15) is 14.4 Å². The lowest BCUT2D eigenvalue weighted by molar-refractivity contribution is -0.118. The van der Waals surface area contributed by atoms with Crippen LogP contribution in [-0.2, 0) is 18.4 Å². The lowest BCUT2D eigenvalue weighted by Crippen LogP contribution is -2.39. The number of nitrogens with one attached hydrogen (secondary N) is 1. The second-order valence-electron chi connectivity index (χ2n) is 7.41. The van der Waals surface area contributed by atoms with Gasteiger partial charge in [-0.3, -0.25) is 18.7 Å². The van der Waals surface area contributed by atoms with Gasteiger partial charge in [0.25, 0.3) is 5.56 Å². The first kappa shape index (κ1) is 21.1. The van der Waals surface area contributed by atoms with E-state index in [1.54, 1.807) is 6.92 Å². The van der Waals surface area contributed by atoms with Crippen LogP contribution < -0.4 is 16.6 Å². The molecule has 1 N–H and O–H groups in total. The first-order valence-corrected chi connectivity index (χ1v) is 9.98. The molecule has 0 fully saturated rings. The Bertz CT molecular complexity index is 962. The molecule has 0 aliphatic rings. The van der Waals surface area contributed by atoms with Crippen molar-refractivity contribution in [3.63, 3.8) is 0 Å². The molecule has 148 valence electrons. The molecule has 2 aromatic rings. The molecule has 0 saturated carbocycles. The van der Waals surface area contributed by atoms with Gasteiger partial charge in [-0.1, -0.05) is 39.5 Å². The highest BCUT2D eigenvalue weighted by molar-refractivity contribution is 8.00. The van der Waals surface area contributed by atoms with Crippen molar-refractivity contribution in [2.45, 2.75) is 46.2 Å². The van der Waals surface area contributed by atoms with Crippen LogP contribution in [0.4, 0.5) is 0 Å². The van der Waals surface area contributed by atoms with Gasteiger partial charge in [0.2, 0.25) is 5.91 Å². The van der Waals surface area contributed by atoms with Gasteiger partial charge in [0.15, 0.2) is 5.65 Å². The van der Waals surface area contributed by atoms with Crippen molar-refractivity contribution in [3.8, 4) is 0 Å². The number of hydrogen-bond acceptors (Lipinski definition) is 6. The number of amides is 1. The summed E-state index contributed by atoms with van der Waals surface area (Å²) in [4.78, 5) is 46.1. The van der Waals surface area contributed by atoms with Crippen LogP contribution in [0.5, 0.6) is 0 Å². The van der Waals surface area contributed by atoms with Gasteiger partial charge in [-0.25, -0.2) is 14.8 Å². The van der Waals surface area contributed by atoms with Gasteiger partial charge < -0.3 is 5.32 Å². The fourth-order valence-electron chi connectivity index (χ4n) is 2.58. The van der Waals surface area contributed by atoms with Gasteiger partial charge in [-0.2, -0.15) is 0 Å². The van der Waals surface area contributed by atoms with Crippen molar-refractivity contribution >= 4 is 28.7 Å². The molecule has 0 radical (unpaired) electrons. The predicted octanol–water partition coefficient (Wildman–Crippen LogP) is 1.32. The third kappa shape index (κ3) is 4.97. The molecule has 0 aliphatic heterocycles. The van der Waals surface area contributed by atoms with E-state index < -0.39 is 11.2 Å². The van der Waals surface area contributed by atoms with Gasteiger partial charge in [0.1, 0.15) is 16.2 Å². The van der Waals surface area contributed by atoms with Crippen LogP contribution in [0.15, 0.2) is 14.6 Å². The standard InChI is InChI=1S/C18H27N5O3S/c1-10(2)7-19-13(24)9-27-16-14-15(20-12(5)21-16)23(8-11(3)4)18(26)22(6)17(14)25/h10-11H,7-9H2,1-6H3,(H,19,24). The summed E-state index contributed by atoms with van der Waals surface area (Å²) in [5.41, 5.74) is -0.514. The number of hydrogen-bond donors (Lipinski definition) is 1. The molecule has 0 aliphatic carbocycles. The summed E-state index contributed by atoms with van der Waals surface area (Å²) in [6.45, 7) is 10.8. The number of carbonyl (C=O) groups excluding carboxylic acids is 1. The summed E-state index contributed by atoms with van der Waals surface area (Å²) in [7, 11) is 1.45. The number of carbonyl (C=O) groups is 1. The maximum Gasteiger partial charge on any atom is 0.332 e. The Morgan fingerprint density at radius 1 is 1.15 bits per heavy atom. The molecule has 2 rings (SSSR count). The highest BCUT2D eigenvalue weighted by Gasteiger charge is 2.19. The van der Waals surface area contributed by atoms with E-state index in [-0.39, 0.29) is 23.0 Å². The molecular formula is C18H27N5O3S. The summed E-state index contributed by atoms with van der Waals surface area (Å²) < 4.78 is 2.59. The van der Waals surface area contributed by atoms with Crippen LogP contribution in [0, 0.1) is 18.8 Å². The molecule has 2 heterocycles. The summed E-state index contributed by atoms with van der Waals surface area (Å²) in [5, 5.41) is 3.55. The van der Waals surface area contributed by atoms with E-state index in [2.05, 4.69) is 15.3 Å². The minimum absolute atomic E-state index is 0.120.